The van der Waals surface area contributed by atoms with Crippen molar-refractivity contribution < 1.29 is 0 Å². The lowest BCUT2D eigenvalue weighted by Gasteiger charge is -2.22. The van der Waals surface area contributed by atoms with Gasteiger partial charge in [-0.3, -0.25) is 5.10 Å². The molecule has 0 saturated heterocycles. The van der Waals surface area contributed by atoms with Crippen LogP contribution in [0.5, 0.6) is 0 Å². The van der Waals surface area contributed by atoms with Gasteiger partial charge in [0.05, 0.1) is 17.5 Å². The van der Waals surface area contributed by atoms with Crippen molar-refractivity contribution in [3.8, 4) is 6.07 Å². The van der Waals surface area contributed by atoms with Crippen molar-refractivity contribution in [3.05, 3.63) is 17.5 Å². The summed E-state index contributed by atoms with van der Waals surface area (Å²) in [6.45, 7) is 8.96. The molecule has 1 N–H and O–H groups in total. The Hall–Kier alpha value is -1.30. The molecule has 82 valence electrons. The van der Waals surface area contributed by atoms with Gasteiger partial charge in [0.2, 0.25) is 0 Å². The first kappa shape index (κ1) is 11.8. The zero-order valence-electron chi connectivity index (χ0n) is 9.91. The van der Waals surface area contributed by atoms with E-state index in [1.165, 1.54) is 0 Å². The minimum absolute atomic E-state index is 0.567. The van der Waals surface area contributed by atoms with E-state index in [0.29, 0.717) is 23.3 Å². The van der Waals surface area contributed by atoms with Gasteiger partial charge in [-0.2, -0.15) is 10.4 Å². The summed E-state index contributed by atoms with van der Waals surface area (Å²) in [5.74, 6) is 1.89. The van der Waals surface area contributed by atoms with Gasteiger partial charge in [0.1, 0.15) is 6.07 Å². The third-order valence-corrected chi connectivity index (χ3v) is 3.31. The average Bonchev–Trinajstić information content (AvgIpc) is 2.63. The second-order valence-corrected chi connectivity index (χ2v) is 4.66. The SMILES string of the molecule is CC(C)[C@H](C)C(C)Cc1[nH]ncc1C#N. The van der Waals surface area contributed by atoms with Crippen LogP contribution < -0.4 is 0 Å². The Bertz CT molecular complexity index is 346. The fraction of sp³-hybridized carbons (Fsp3) is 0.667. The number of aromatic amines is 1. The fourth-order valence-corrected chi connectivity index (χ4v) is 1.73. The molecule has 15 heavy (non-hydrogen) atoms. The molecular weight excluding hydrogens is 186 g/mol. The second kappa shape index (κ2) is 4.97. The molecule has 0 fully saturated rings. The highest BCUT2D eigenvalue weighted by molar-refractivity contribution is 5.30. The minimum Gasteiger partial charge on any atom is -0.281 e. The van der Waals surface area contributed by atoms with Gasteiger partial charge in [0, 0.05) is 0 Å². The van der Waals surface area contributed by atoms with E-state index in [4.69, 9.17) is 5.26 Å². The molecule has 1 heterocycles. The van der Waals surface area contributed by atoms with E-state index in [1.807, 2.05) is 0 Å². The first-order valence-electron chi connectivity index (χ1n) is 5.48. The third kappa shape index (κ3) is 2.82. The average molecular weight is 205 g/mol. The van der Waals surface area contributed by atoms with Crippen LogP contribution >= 0.6 is 0 Å². The summed E-state index contributed by atoms with van der Waals surface area (Å²) in [6, 6.07) is 2.16. The predicted molar refractivity (Wildman–Crippen MR) is 60.2 cm³/mol. The monoisotopic (exact) mass is 205 g/mol. The van der Waals surface area contributed by atoms with Gasteiger partial charge in [-0.05, 0) is 24.2 Å². The zero-order valence-corrected chi connectivity index (χ0v) is 9.91. The van der Waals surface area contributed by atoms with E-state index in [-0.39, 0.29) is 0 Å². The lowest BCUT2D eigenvalue weighted by atomic mass is 9.83. The van der Waals surface area contributed by atoms with Gasteiger partial charge in [-0.1, -0.05) is 27.7 Å². The lowest BCUT2D eigenvalue weighted by Crippen LogP contribution is -2.17. The summed E-state index contributed by atoms with van der Waals surface area (Å²) in [6.07, 6.45) is 2.50. The van der Waals surface area contributed by atoms with Crippen molar-refractivity contribution in [1.82, 2.24) is 10.2 Å². The summed E-state index contributed by atoms with van der Waals surface area (Å²) in [5, 5.41) is 15.7. The maximum Gasteiger partial charge on any atom is 0.103 e. The maximum atomic E-state index is 8.86. The Morgan fingerprint density at radius 2 is 2.07 bits per heavy atom. The predicted octanol–water partition coefficient (Wildman–Crippen LogP) is 2.75. The quantitative estimate of drug-likeness (QED) is 0.821. The number of rotatable bonds is 4. The van der Waals surface area contributed by atoms with E-state index >= 15 is 0 Å². The van der Waals surface area contributed by atoms with E-state index in [2.05, 4.69) is 44.0 Å². The van der Waals surface area contributed by atoms with E-state index in [9.17, 15) is 0 Å². The molecule has 1 aromatic rings. The molecule has 1 rings (SSSR count). The Kier molecular flexibility index (Phi) is 3.90. The number of aromatic nitrogens is 2. The highest BCUT2D eigenvalue weighted by atomic mass is 15.1. The minimum atomic E-state index is 0.567. The number of H-pyrrole nitrogens is 1. The number of nitriles is 1. The molecule has 3 nitrogen and oxygen atoms in total. The van der Waals surface area contributed by atoms with Crippen LogP contribution in [0.15, 0.2) is 6.20 Å². The fourth-order valence-electron chi connectivity index (χ4n) is 1.73. The van der Waals surface area contributed by atoms with Crippen LogP contribution in [0.2, 0.25) is 0 Å². The van der Waals surface area contributed by atoms with Crippen LogP contribution in [0.25, 0.3) is 0 Å². The molecule has 0 saturated carbocycles. The van der Waals surface area contributed by atoms with E-state index in [0.717, 1.165) is 12.1 Å². The Balaban J connectivity index is 2.67. The Morgan fingerprint density at radius 3 is 2.60 bits per heavy atom. The largest absolute Gasteiger partial charge is 0.281 e. The molecule has 0 aromatic carbocycles. The van der Waals surface area contributed by atoms with Gasteiger partial charge in [0.25, 0.3) is 0 Å². The lowest BCUT2D eigenvalue weighted by molar-refractivity contribution is 0.293. The van der Waals surface area contributed by atoms with E-state index < -0.39 is 0 Å². The molecule has 0 radical (unpaired) electrons. The molecule has 0 aliphatic rings. The number of hydrogen-bond donors (Lipinski definition) is 1. The summed E-state index contributed by atoms with van der Waals surface area (Å²) in [4.78, 5) is 0. The maximum absolute atomic E-state index is 8.86. The van der Waals surface area contributed by atoms with Gasteiger partial charge in [-0.25, -0.2) is 0 Å². The Labute approximate surface area is 91.5 Å². The number of nitrogens with zero attached hydrogens (tertiary/aromatic N) is 2. The van der Waals surface area contributed by atoms with Crippen molar-refractivity contribution in [3.63, 3.8) is 0 Å². The van der Waals surface area contributed by atoms with Crippen molar-refractivity contribution in [1.29, 1.82) is 5.26 Å². The van der Waals surface area contributed by atoms with Gasteiger partial charge >= 0.3 is 0 Å². The van der Waals surface area contributed by atoms with Crippen LogP contribution in [-0.2, 0) is 6.42 Å². The standard InChI is InChI=1S/C12H19N3/c1-8(2)10(4)9(3)5-12-11(6-13)7-14-15-12/h7-10H,5H2,1-4H3,(H,14,15)/t9?,10-/m0/s1. The molecule has 0 bridgehead atoms. The second-order valence-electron chi connectivity index (χ2n) is 4.66. The number of hydrogen-bond acceptors (Lipinski definition) is 2. The summed E-state index contributed by atoms with van der Waals surface area (Å²) < 4.78 is 0. The molecule has 3 heteroatoms. The molecule has 1 unspecified atom stereocenters. The molecule has 2 atom stereocenters. The van der Waals surface area contributed by atoms with Crippen LogP contribution in [0.4, 0.5) is 0 Å². The smallest absolute Gasteiger partial charge is 0.103 e. The molecule has 0 aliphatic heterocycles. The van der Waals surface area contributed by atoms with Crippen LogP contribution in [0, 0.1) is 29.1 Å². The first-order chi connectivity index (χ1) is 7.06. The van der Waals surface area contributed by atoms with Gasteiger partial charge in [0.15, 0.2) is 0 Å². The molecule has 0 aliphatic carbocycles. The molecule has 0 amide bonds. The topological polar surface area (TPSA) is 52.5 Å². The van der Waals surface area contributed by atoms with Crippen LogP contribution in [0.3, 0.4) is 0 Å². The molecule has 0 spiro atoms. The summed E-state index contributed by atoms with van der Waals surface area (Å²) in [5.41, 5.74) is 1.65. The third-order valence-electron chi connectivity index (χ3n) is 3.31. The van der Waals surface area contributed by atoms with E-state index in [1.54, 1.807) is 6.20 Å². The first-order valence-corrected chi connectivity index (χ1v) is 5.48. The van der Waals surface area contributed by atoms with Crippen molar-refractivity contribution >= 4 is 0 Å². The van der Waals surface area contributed by atoms with Crippen molar-refractivity contribution in [2.24, 2.45) is 17.8 Å². The van der Waals surface area contributed by atoms with Crippen molar-refractivity contribution in [2.45, 2.75) is 34.1 Å². The van der Waals surface area contributed by atoms with Crippen molar-refractivity contribution in [2.75, 3.05) is 0 Å². The van der Waals surface area contributed by atoms with Crippen LogP contribution in [-0.4, -0.2) is 10.2 Å². The molecule has 1 aromatic heterocycles. The van der Waals surface area contributed by atoms with Gasteiger partial charge < -0.3 is 0 Å². The zero-order chi connectivity index (χ0) is 11.4. The number of nitrogens with one attached hydrogen (secondary N) is 1. The van der Waals surface area contributed by atoms with Crippen LogP contribution in [0.1, 0.15) is 39.0 Å². The molecular formula is C12H19N3. The van der Waals surface area contributed by atoms with Gasteiger partial charge in [-0.15, -0.1) is 0 Å². The Morgan fingerprint density at radius 1 is 1.40 bits per heavy atom. The highest BCUT2D eigenvalue weighted by Gasteiger charge is 2.18. The highest BCUT2D eigenvalue weighted by Crippen LogP contribution is 2.23. The summed E-state index contributed by atoms with van der Waals surface area (Å²) >= 11 is 0. The summed E-state index contributed by atoms with van der Waals surface area (Å²) in [7, 11) is 0. The normalized spacial score (nSPS) is 14.9.